The molecule has 3 aromatic rings. The highest BCUT2D eigenvalue weighted by molar-refractivity contribution is 14.1. The van der Waals surface area contributed by atoms with Crippen LogP contribution in [-0.2, 0) is 11.4 Å². The number of nitrogens with zero attached hydrogens (tertiary/aromatic N) is 1. The Kier molecular flexibility index (Phi) is 8.72. The molecule has 37 heavy (non-hydrogen) atoms. The van der Waals surface area contributed by atoms with E-state index in [1.54, 1.807) is 37.5 Å². The molecule has 1 heterocycles. The van der Waals surface area contributed by atoms with Crippen LogP contribution in [0.1, 0.15) is 28.4 Å². The van der Waals surface area contributed by atoms with Gasteiger partial charge in [0.1, 0.15) is 12.4 Å². The normalized spacial score (nSPS) is 15.1. The fourth-order valence-corrected chi connectivity index (χ4v) is 5.07. The number of halogens is 1. The molecule has 1 saturated heterocycles. The summed E-state index contributed by atoms with van der Waals surface area (Å²) >= 11 is 3.40. The Morgan fingerprint density at radius 1 is 1.14 bits per heavy atom. The van der Waals surface area contributed by atoms with Gasteiger partial charge in [0.15, 0.2) is 16.7 Å². The van der Waals surface area contributed by atoms with Crippen molar-refractivity contribution in [3.05, 3.63) is 85.8 Å². The fraction of sp³-hybridized carbons (Fsp3) is 0.148. The summed E-state index contributed by atoms with van der Waals surface area (Å²) in [6, 6.07) is 17.6. The smallest absolute Gasteiger partial charge is 0.335 e. The van der Waals surface area contributed by atoms with E-state index in [1.165, 1.54) is 17.8 Å². The zero-order chi connectivity index (χ0) is 26.4. The van der Waals surface area contributed by atoms with Crippen molar-refractivity contribution in [2.75, 3.05) is 13.7 Å². The molecule has 0 radical (unpaired) electrons. The van der Waals surface area contributed by atoms with Crippen LogP contribution < -0.4 is 19.5 Å². The molecule has 1 amide bonds. The number of ether oxygens (including phenoxy) is 3. The quantitative estimate of drug-likeness (QED) is 0.225. The van der Waals surface area contributed by atoms with Gasteiger partial charge in [-0.2, -0.15) is 0 Å². The van der Waals surface area contributed by atoms with Gasteiger partial charge in [0, 0.05) is 0 Å². The van der Waals surface area contributed by atoms with Crippen molar-refractivity contribution >= 4 is 63.2 Å². The second-order valence-electron chi connectivity index (χ2n) is 7.74. The molecule has 0 aliphatic carbocycles. The van der Waals surface area contributed by atoms with Crippen molar-refractivity contribution in [2.24, 2.45) is 4.99 Å². The molecule has 3 aromatic carbocycles. The lowest BCUT2D eigenvalue weighted by molar-refractivity contribution is -0.115. The van der Waals surface area contributed by atoms with E-state index in [4.69, 9.17) is 14.2 Å². The predicted molar refractivity (Wildman–Crippen MR) is 152 cm³/mol. The van der Waals surface area contributed by atoms with Crippen molar-refractivity contribution in [3.63, 3.8) is 0 Å². The van der Waals surface area contributed by atoms with Gasteiger partial charge in [0.2, 0.25) is 0 Å². The minimum absolute atomic E-state index is 0.178. The molecule has 0 bridgehead atoms. The summed E-state index contributed by atoms with van der Waals surface area (Å²) in [5.74, 6) is 0.571. The fourth-order valence-electron chi connectivity index (χ4n) is 3.45. The Labute approximate surface area is 231 Å². The number of aromatic carboxylic acids is 1. The lowest BCUT2D eigenvalue weighted by atomic mass is 10.1. The molecule has 1 fully saturated rings. The van der Waals surface area contributed by atoms with E-state index in [1.807, 2.05) is 37.3 Å². The van der Waals surface area contributed by atoms with Crippen molar-refractivity contribution in [1.82, 2.24) is 5.32 Å². The number of hydrogen-bond donors (Lipinski definition) is 2. The number of amidine groups is 1. The number of nitrogens with one attached hydrogen (secondary N) is 1. The summed E-state index contributed by atoms with van der Waals surface area (Å²) in [5, 5.41) is 12.5. The number of carbonyl (C=O) groups is 2. The van der Waals surface area contributed by atoms with E-state index in [-0.39, 0.29) is 18.1 Å². The monoisotopic (exact) mass is 630 g/mol. The first kappa shape index (κ1) is 26.6. The summed E-state index contributed by atoms with van der Waals surface area (Å²) < 4.78 is 17.7. The third-order valence-electron chi connectivity index (χ3n) is 5.14. The number of benzene rings is 3. The number of hydrogen-bond acceptors (Lipinski definition) is 7. The minimum atomic E-state index is -0.993. The number of methoxy groups -OCH3 is 1. The van der Waals surface area contributed by atoms with Gasteiger partial charge in [-0.05, 0) is 107 Å². The number of amides is 1. The molecule has 0 aromatic heterocycles. The number of rotatable bonds is 9. The Morgan fingerprint density at radius 3 is 2.62 bits per heavy atom. The summed E-state index contributed by atoms with van der Waals surface area (Å²) in [7, 11) is 1.54. The Balaban J connectivity index is 1.50. The summed E-state index contributed by atoms with van der Waals surface area (Å²) in [5.41, 5.74) is 2.39. The third-order valence-corrected chi connectivity index (χ3v) is 6.85. The molecule has 0 unspecified atom stereocenters. The lowest BCUT2D eigenvalue weighted by Gasteiger charge is -2.14. The van der Waals surface area contributed by atoms with Gasteiger partial charge >= 0.3 is 5.97 Å². The van der Waals surface area contributed by atoms with Gasteiger partial charge in [0.05, 0.1) is 33.4 Å². The highest BCUT2D eigenvalue weighted by Gasteiger charge is 2.24. The molecule has 8 nitrogen and oxygen atoms in total. The molecule has 1 aliphatic heterocycles. The zero-order valence-electron chi connectivity index (χ0n) is 20.0. The van der Waals surface area contributed by atoms with Crippen LogP contribution in [0.3, 0.4) is 0 Å². The first-order valence-electron chi connectivity index (χ1n) is 11.2. The second kappa shape index (κ2) is 12.2. The molecule has 10 heteroatoms. The van der Waals surface area contributed by atoms with E-state index >= 15 is 0 Å². The van der Waals surface area contributed by atoms with Crippen LogP contribution in [-0.4, -0.2) is 35.9 Å². The predicted octanol–water partition coefficient (Wildman–Crippen LogP) is 5.87. The highest BCUT2D eigenvalue weighted by Crippen LogP contribution is 2.36. The minimum Gasteiger partial charge on any atom is -0.494 e. The first-order chi connectivity index (χ1) is 17.9. The van der Waals surface area contributed by atoms with Crippen LogP contribution >= 0.6 is 34.4 Å². The van der Waals surface area contributed by atoms with Gasteiger partial charge in [0.25, 0.3) is 5.91 Å². The van der Waals surface area contributed by atoms with Crippen LogP contribution in [0.4, 0.5) is 5.69 Å². The number of carboxylic acid groups (broad SMARTS) is 1. The zero-order valence-corrected chi connectivity index (χ0v) is 23.0. The molecule has 0 spiro atoms. The van der Waals surface area contributed by atoms with Gasteiger partial charge in [-0.15, -0.1) is 0 Å². The van der Waals surface area contributed by atoms with E-state index in [0.717, 1.165) is 20.4 Å². The summed E-state index contributed by atoms with van der Waals surface area (Å²) in [6.07, 6.45) is 1.77. The van der Waals surface area contributed by atoms with Gasteiger partial charge in [-0.3, -0.25) is 4.79 Å². The average Bonchev–Trinajstić information content (AvgIpc) is 3.22. The Hall–Kier alpha value is -3.51. The third kappa shape index (κ3) is 6.83. The van der Waals surface area contributed by atoms with Crippen LogP contribution in [0.25, 0.3) is 6.08 Å². The molecular formula is C27H23IN2O6S. The van der Waals surface area contributed by atoms with Crippen LogP contribution in [0, 0.1) is 3.57 Å². The van der Waals surface area contributed by atoms with Crippen molar-refractivity contribution in [2.45, 2.75) is 13.5 Å². The first-order valence-corrected chi connectivity index (χ1v) is 13.1. The van der Waals surface area contributed by atoms with Gasteiger partial charge < -0.3 is 24.6 Å². The molecular weight excluding hydrogens is 607 g/mol. The van der Waals surface area contributed by atoms with Crippen LogP contribution in [0.5, 0.6) is 17.2 Å². The van der Waals surface area contributed by atoms with Crippen LogP contribution in [0.15, 0.2) is 70.6 Å². The number of carboxylic acids is 1. The summed E-state index contributed by atoms with van der Waals surface area (Å²) in [6.45, 7) is 2.69. The molecule has 4 rings (SSSR count). The molecule has 0 atom stereocenters. The van der Waals surface area contributed by atoms with Gasteiger partial charge in [-0.25, -0.2) is 9.79 Å². The van der Waals surface area contributed by atoms with E-state index < -0.39 is 5.97 Å². The summed E-state index contributed by atoms with van der Waals surface area (Å²) in [4.78, 5) is 28.8. The Bertz CT molecular complexity index is 1390. The lowest BCUT2D eigenvalue weighted by Crippen LogP contribution is -2.19. The van der Waals surface area contributed by atoms with E-state index in [2.05, 4.69) is 32.9 Å². The van der Waals surface area contributed by atoms with Crippen molar-refractivity contribution in [3.8, 4) is 17.2 Å². The standard InChI is InChI=1S/C27H23IN2O6S/c1-3-35-20-9-7-19(8-10-20)29-27-30-25(31)23(37-27)14-17-12-21(28)24(22(13-17)34-2)36-15-16-5-4-6-18(11-16)26(32)33/h4-14H,3,15H2,1-2H3,(H,32,33)(H,29,30,31)/b23-14+. The van der Waals surface area contributed by atoms with E-state index in [9.17, 15) is 14.7 Å². The van der Waals surface area contributed by atoms with Crippen LogP contribution in [0.2, 0.25) is 0 Å². The highest BCUT2D eigenvalue weighted by atomic mass is 127. The number of aliphatic imine (C=N–C) groups is 1. The molecule has 190 valence electrons. The largest absolute Gasteiger partial charge is 0.494 e. The number of carbonyl (C=O) groups excluding carboxylic acids is 1. The average molecular weight is 630 g/mol. The molecule has 1 aliphatic rings. The SMILES string of the molecule is CCOc1ccc(N=C2NC(=O)/C(=C\c3cc(I)c(OCc4cccc(C(=O)O)c4)c(OC)c3)S2)cc1. The Morgan fingerprint density at radius 2 is 1.92 bits per heavy atom. The molecule has 2 N–H and O–H groups in total. The second-order valence-corrected chi connectivity index (χ2v) is 9.93. The maximum absolute atomic E-state index is 12.6. The van der Waals surface area contributed by atoms with E-state index in [0.29, 0.717) is 33.9 Å². The number of thioether (sulfide) groups is 1. The topological polar surface area (TPSA) is 106 Å². The van der Waals surface area contributed by atoms with Crippen molar-refractivity contribution < 1.29 is 28.9 Å². The maximum atomic E-state index is 12.6. The molecule has 0 saturated carbocycles. The maximum Gasteiger partial charge on any atom is 0.335 e. The van der Waals surface area contributed by atoms with Crippen molar-refractivity contribution in [1.29, 1.82) is 0 Å². The van der Waals surface area contributed by atoms with Gasteiger partial charge in [-0.1, -0.05) is 12.1 Å².